The molecule has 0 radical (unpaired) electrons. The Morgan fingerprint density at radius 3 is 2.33 bits per heavy atom. The number of carbonyl (C=O) groups excluding carboxylic acids is 1. The number of amides is 1. The molecule has 1 rings (SSSR count). The third-order valence-electron chi connectivity index (χ3n) is 2.09. The van der Waals surface area contributed by atoms with E-state index in [4.69, 9.17) is 27.5 Å². The SMILES string of the molecule is CN(C)C(=O)c1cc(S(=O)(=O)Cl)c(C#N)cc1Cl. The minimum absolute atomic E-state index is 0.00526. The minimum Gasteiger partial charge on any atom is -0.345 e. The average molecular weight is 307 g/mol. The molecule has 1 aromatic carbocycles. The van der Waals surface area contributed by atoms with Crippen LogP contribution in [0, 0.1) is 11.3 Å². The van der Waals surface area contributed by atoms with Crippen LogP contribution in [0.3, 0.4) is 0 Å². The summed E-state index contributed by atoms with van der Waals surface area (Å²) in [7, 11) is 4.06. The Bertz CT molecular complexity index is 648. The predicted octanol–water partition coefficient (Wildman–Crippen LogP) is 1.84. The fourth-order valence-corrected chi connectivity index (χ4v) is 2.50. The molecule has 0 aliphatic heterocycles. The number of benzene rings is 1. The second kappa shape index (κ2) is 5.14. The number of carbonyl (C=O) groups is 1. The highest BCUT2D eigenvalue weighted by molar-refractivity contribution is 8.13. The van der Waals surface area contributed by atoms with Crippen LogP contribution < -0.4 is 0 Å². The summed E-state index contributed by atoms with van der Waals surface area (Å²) in [4.78, 5) is 12.6. The molecule has 96 valence electrons. The summed E-state index contributed by atoms with van der Waals surface area (Å²) in [5.74, 6) is -0.481. The first-order valence-corrected chi connectivity index (χ1v) is 7.27. The lowest BCUT2D eigenvalue weighted by atomic mass is 10.1. The molecule has 0 atom stereocenters. The van der Waals surface area contributed by atoms with Gasteiger partial charge in [0, 0.05) is 24.8 Å². The van der Waals surface area contributed by atoms with Gasteiger partial charge in [0.2, 0.25) is 0 Å². The van der Waals surface area contributed by atoms with Crippen molar-refractivity contribution in [3.8, 4) is 6.07 Å². The normalized spacial score (nSPS) is 10.8. The largest absolute Gasteiger partial charge is 0.345 e. The van der Waals surface area contributed by atoms with Crippen molar-refractivity contribution in [2.24, 2.45) is 0 Å². The van der Waals surface area contributed by atoms with E-state index in [1.807, 2.05) is 0 Å². The van der Waals surface area contributed by atoms with Crippen molar-refractivity contribution in [1.82, 2.24) is 4.90 Å². The van der Waals surface area contributed by atoms with Crippen molar-refractivity contribution in [1.29, 1.82) is 5.26 Å². The molecule has 1 aromatic rings. The van der Waals surface area contributed by atoms with Gasteiger partial charge in [0.1, 0.15) is 11.0 Å². The number of hydrogen-bond donors (Lipinski definition) is 0. The smallest absolute Gasteiger partial charge is 0.262 e. The van der Waals surface area contributed by atoms with Crippen LogP contribution in [0.1, 0.15) is 15.9 Å². The second-order valence-electron chi connectivity index (χ2n) is 3.58. The molecule has 0 N–H and O–H groups in total. The van der Waals surface area contributed by atoms with Gasteiger partial charge in [0.15, 0.2) is 0 Å². The van der Waals surface area contributed by atoms with Gasteiger partial charge in [-0.15, -0.1) is 0 Å². The Balaban J connectivity index is 3.61. The molecule has 0 saturated carbocycles. The monoisotopic (exact) mass is 306 g/mol. The third kappa shape index (κ3) is 2.93. The lowest BCUT2D eigenvalue weighted by Crippen LogP contribution is -2.22. The van der Waals surface area contributed by atoms with Gasteiger partial charge in [-0.2, -0.15) is 5.26 Å². The molecule has 8 heteroatoms. The summed E-state index contributed by atoms with van der Waals surface area (Å²) in [5.41, 5.74) is -0.231. The highest BCUT2D eigenvalue weighted by Crippen LogP contribution is 2.27. The van der Waals surface area contributed by atoms with Gasteiger partial charge in [-0.3, -0.25) is 4.79 Å². The van der Waals surface area contributed by atoms with E-state index in [0.29, 0.717) is 0 Å². The van der Waals surface area contributed by atoms with E-state index < -0.39 is 19.9 Å². The van der Waals surface area contributed by atoms with E-state index >= 15 is 0 Å². The maximum absolute atomic E-state index is 11.8. The Morgan fingerprint density at radius 2 is 1.94 bits per heavy atom. The van der Waals surface area contributed by atoms with Gasteiger partial charge in [-0.1, -0.05) is 11.6 Å². The summed E-state index contributed by atoms with van der Waals surface area (Å²) >= 11 is 5.83. The van der Waals surface area contributed by atoms with E-state index in [-0.39, 0.29) is 16.1 Å². The minimum atomic E-state index is -4.12. The van der Waals surface area contributed by atoms with Crippen LogP contribution in [0.4, 0.5) is 0 Å². The standard InChI is InChI=1S/C10H8Cl2N2O3S/c1-14(2)10(15)7-4-9(18(12,16)17)6(5-13)3-8(7)11/h3-4H,1-2H3. The second-order valence-corrected chi connectivity index (χ2v) is 6.52. The van der Waals surface area contributed by atoms with Crippen molar-refractivity contribution in [2.75, 3.05) is 14.1 Å². The summed E-state index contributed by atoms with van der Waals surface area (Å²) in [5, 5.41) is 8.81. The van der Waals surface area contributed by atoms with Crippen LogP contribution in [0.5, 0.6) is 0 Å². The number of nitriles is 1. The highest BCUT2D eigenvalue weighted by Gasteiger charge is 2.22. The fourth-order valence-electron chi connectivity index (χ4n) is 1.25. The molecule has 0 spiro atoms. The average Bonchev–Trinajstić information content (AvgIpc) is 2.25. The zero-order valence-corrected chi connectivity index (χ0v) is 11.8. The van der Waals surface area contributed by atoms with Crippen molar-refractivity contribution >= 4 is 37.2 Å². The fraction of sp³-hybridized carbons (Fsp3) is 0.200. The molecule has 0 fully saturated rings. The first kappa shape index (κ1) is 14.8. The van der Waals surface area contributed by atoms with E-state index in [0.717, 1.165) is 12.1 Å². The molecular weight excluding hydrogens is 299 g/mol. The van der Waals surface area contributed by atoms with E-state index in [1.165, 1.54) is 19.0 Å². The molecule has 18 heavy (non-hydrogen) atoms. The van der Waals surface area contributed by atoms with Crippen LogP contribution in [0.25, 0.3) is 0 Å². The highest BCUT2D eigenvalue weighted by atomic mass is 35.7. The zero-order chi connectivity index (χ0) is 14.1. The Morgan fingerprint density at radius 1 is 1.39 bits per heavy atom. The number of hydrogen-bond acceptors (Lipinski definition) is 4. The summed E-state index contributed by atoms with van der Waals surface area (Å²) in [6.07, 6.45) is 0. The number of nitrogens with zero attached hydrogens (tertiary/aromatic N) is 2. The lowest BCUT2D eigenvalue weighted by molar-refractivity contribution is 0.0827. The topological polar surface area (TPSA) is 78.2 Å². The third-order valence-corrected chi connectivity index (χ3v) is 3.76. The molecule has 5 nitrogen and oxygen atoms in total. The van der Waals surface area contributed by atoms with E-state index in [2.05, 4.69) is 0 Å². The molecule has 0 unspecified atom stereocenters. The quantitative estimate of drug-likeness (QED) is 0.781. The Kier molecular flexibility index (Phi) is 4.22. The van der Waals surface area contributed by atoms with Gasteiger partial charge in [0.25, 0.3) is 15.0 Å². The van der Waals surface area contributed by atoms with Crippen molar-refractivity contribution < 1.29 is 13.2 Å². The van der Waals surface area contributed by atoms with Gasteiger partial charge in [0.05, 0.1) is 16.1 Å². The number of rotatable bonds is 2. The summed E-state index contributed by atoms with van der Waals surface area (Å²) in [6.45, 7) is 0. The van der Waals surface area contributed by atoms with Crippen molar-refractivity contribution in [3.05, 3.63) is 28.3 Å². The van der Waals surface area contributed by atoms with Crippen LogP contribution in [-0.2, 0) is 9.05 Å². The van der Waals surface area contributed by atoms with Gasteiger partial charge in [-0.05, 0) is 12.1 Å². The first-order valence-electron chi connectivity index (χ1n) is 4.58. The maximum Gasteiger partial charge on any atom is 0.262 e. The van der Waals surface area contributed by atoms with Gasteiger partial charge in [-0.25, -0.2) is 8.42 Å². The molecule has 0 saturated heterocycles. The molecule has 0 aromatic heterocycles. The Hall–Kier alpha value is -1.29. The van der Waals surface area contributed by atoms with E-state index in [9.17, 15) is 13.2 Å². The molecule has 0 heterocycles. The van der Waals surface area contributed by atoms with Crippen LogP contribution in [0.2, 0.25) is 5.02 Å². The summed E-state index contributed by atoms with van der Waals surface area (Å²) in [6, 6.07) is 3.78. The number of halogens is 2. The maximum atomic E-state index is 11.8. The van der Waals surface area contributed by atoms with Crippen molar-refractivity contribution in [3.63, 3.8) is 0 Å². The summed E-state index contributed by atoms with van der Waals surface area (Å²) < 4.78 is 22.6. The molecule has 0 bridgehead atoms. The van der Waals surface area contributed by atoms with Crippen molar-refractivity contribution in [2.45, 2.75) is 4.90 Å². The molecule has 0 aliphatic rings. The van der Waals surface area contributed by atoms with Crippen LogP contribution in [0.15, 0.2) is 17.0 Å². The Labute approximate surface area is 114 Å². The van der Waals surface area contributed by atoms with E-state index in [1.54, 1.807) is 6.07 Å². The first-order chi connectivity index (χ1) is 8.18. The molecular formula is C10H8Cl2N2O3S. The van der Waals surface area contributed by atoms with Gasteiger partial charge >= 0.3 is 0 Å². The molecule has 1 amide bonds. The zero-order valence-electron chi connectivity index (χ0n) is 9.44. The van der Waals surface area contributed by atoms with Gasteiger partial charge < -0.3 is 4.90 Å². The van der Waals surface area contributed by atoms with Crippen LogP contribution in [-0.4, -0.2) is 33.3 Å². The predicted molar refractivity (Wildman–Crippen MR) is 67.2 cm³/mol. The molecule has 0 aliphatic carbocycles. The lowest BCUT2D eigenvalue weighted by Gasteiger charge is -2.12. The van der Waals surface area contributed by atoms with Crippen LogP contribution >= 0.6 is 22.3 Å².